The van der Waals surface area contributed by atoms with Crippen LogP contribution in [0.15, 0.2) is 12.2 Å². The Hall–Kier alpha value is -0.930. The molecule has 0 spiro atoms. The molecule has 0 bridgehead atoms. The molecule has 1 fully saturated rings. The van der Waals surface area contributed by atoms with E-state index in [0.29, 0.717) is 25.5 Å². The zero-order valence-electron chi connectivity index (χ0n) is 12.5. The largest absolute Gasteiger partial charge is 0.460 e. The minimum atomic E-state index is -6.83. The van der Waals surface area contributed by atoms with E-state index in [4.69, 9.17) is 4.74 Å². The fraction of sp³-hybridized carbons (Fsp3) is 0.857. The van der Waals surface area contributed by atoms with Crippen molar-refractivity contribution in [3.63, 3.8) is 0 Å². The van der Waals surface area contributed by atoms with Crippen molar-refractivity contribution in [2.45, 2.75) is 68.6 Å². The van der Waals surface area contributed by atoms with E-state index in [1.165, 1.54) is 0 Å². The summed E-state index contributed by atoms with van der Waals surface area (Å²) >= 11 is 0. The van der Waals surface area contributed by atoms with Crippen LogP contribution >= 0.6 is 0 Å². The molecule has 1 aliphatic heterocycles. The Morgan fingerprint density at radius 1 is 0.792 bits per heavy atom. The van der Waals surface area contributed by atoms with Crippen LogP contribution in [0.1, 0.15) is 38.5 Å². The molecule has 10 heteroatoms. The van der Waals surface area contributed by atoms with Crippen LogP contribution in [0.4, 0.5) is 39.5 Å². The molecule has 1 unspecified atom stereocenters. The molecule has 1 saturated heterocycles. The second-order valence-electron chi connectivity index (χ2n) is 5.62. The van der Waals surface area contributed by atoms with E-state index >= 15 is 0 Å². The van der Waals surface area contributed by atoms with Crippen molar-refractivity contribution in [3.05, 3.63) is 12.2 Å². The van der Waals surface area contributed by atoms with Crippen LogP contribution in [0.5, 0.6) is 0 Å². The third kappa shape index (κ3) is 5.03. The molecular formula is C14H17F9O. The Morgan fingerprint density at radius 2 is 1.33 bits per heavy atom. The van der Waals surface area contributed by atoms with Gasteiger partial charge in [0.15, 0.2) is 0 Å². The molecule has 0 aromatic rings. The number of halogens is 9. The lowest BCUT2D eigenvalue weighted by Crippen LogP contribution is -2.60. The van der Waals surface area contributed by atoms with Crippen LogP contribution in [0, 0.1) is 0 Å². The summed E-state index contributed by atoms with van der Waals surface area (Å²) in [5.74, 6) is -19.0. The second kappa shape index (κ2) is 7.53. The first-order chi connectivity index (χ1) is 10.8. The number of hydrogen-bond donors (Lipinski definition) is 0. The molecule has 0 saturated carbocycles. The van der Waals surface area contributed by atoms with E-state index in [1.807, 2.05) is 0 Å². The summed E-state index contributed by atoms with van der Waals surface area (Å²) in [4.78, 5) is 0. The Morgan fingerprint density at radius 3 is 1.83 bits per heavy atom. The maximum absolute atomic E-state index is 13.1. The molecule has 24 heavy (non-hydrogen) atoms. The van der Waals surface area contributed by atoms with E-state index in [1.54, 1.807) is 0 Å². The summed E-state index contributed by atoms with van der Waals surface area (Å²) in [5.41, 5.74) is 0. The number of hydrogen-bond acceptors (Lipinski definition) is 1. The number of allylic oxidation sites excluding steroid dienone is 2. The van der Waals surface area contributed by atoms with Crippen molar-refractivity contribution in [3.8, 4) is 0 Å². The molecule has 0 radical (unpaired) electrons. The van der Waals surface area contributed by atoms with Gasteiger partial charge in [-0.05, 0) is 25.3 Å². The molecule has 1 nitrogen and oxygen atoms in total. The van der Waals surface area contributed by atoms with Crippen LogP contribution < -0.4 is 0 Å². The van der Waals surface area contributed by atoms with Gasteiger partial charge in [0, 0.05) is 0 Å². The Kier molecular flexibility index (Phi) is 6.62. The maximum Gasteiger partial charge on any atom is 0.460 e. The highest BCUT2D eigenvalue weighted by Crippen LogP contribution is 2.53. The highest BCUT2D eigenvalue weighted by atomic mass is 19.4. The molecule has 0 N–H and O–H groups in total. The minimum Gasteiger partial charge on any atom is -0.373 e. The summed E-state index contributed by atoms with van der Waals surface area (Å²) in [6, 6.07) is 0. The lowest BCUT2D eigenvalue weighted by atomic mass is 10.0. The first kappa shape index (κ1) is 21.1. The van der Waals surface area contributed by atoms with Crippen molar-refractivity contribution in [2.75, 3.05) is 6.61 Å². The molecule has 1 atom stereocenters. The fourth-order valence-corrected chi connectivity index (χ4v) is 1.95. The first-order valence-electron chi connectivity index (χ1n) is 7.32. The molecule has 142 valence electrons. The van der Waals surface area contributed by atoms with Crippen molar-refractivity contribution < 1.29 is 44.3 Å². The molecule has 0 aliphatic carbocycles. The quantitative estimate of drug-likeness (QED) is 0.206. The van der Waals surface area contributed by atoms with Crippen LogP contribution in [-0.2, 0) is 4.74 Å². The average molecular weight is 372 g/mol. The van der Waals surface area contributed by atoms with Crippen LogP contribution in [0.3, 0.4) is 0 Å². The lowest BCUT2D eigenvalue weighted by molar-refractivity contribution is -0.388. The van der Waals surface area contributed by atoms with Crippen LogP contribution in [-0.4, -0.2) is 36.7 Å². The normalized spacial score (nSPS) is 20.0. The van der Waals surface area contributed by atoms with Gasteiger partial charge >= 0.3 is 23.9 Å². The zero-order chi connectivity index (χ0) is 18.6. The van der Waals surface area contributed by atoms with Crippen molar-refractivity contribution in [2.24, 2.45) is 0 Å². The monoisotopic (exact) mass is 372 g/mol. The van der Waals surface area contributed by atoms with Crippen molar-refractivity contribution in [1.82, 2.24) is 0 Å². The summed E-state index contributed by atoms with van der Waals surface area (Å²) in [7, 11) is 0. The first-order valence-corrected chi connectivity index (χ1v) is 7.32. The number of alkyl halides is 9. The van der Waals surface area contributed by atoms with Gasteiger partial charge in [0.05, 0.1) is 12.7 Å². The SMILES string of the molecule is FC(F)(F)C(F)(F)C(F)(F)C(F)(F)C=CCCCCCCC1CO1. The third-order valence-corrected chi connectivity index (χ3v) is 3.55. The van der Waals surface area contributed by atoms with E-state index in [0.717, 1.165) is 19.3 Å². The number of unbranched alkanes of at least 4 members (excludes halogenated alkanes) is 4. The van der Waals surface area contributed by atoms with E-state index in [2.05, 4.69) is 0 Å². The van der Waals surface area contributed by atoms with Gasteiger partial charge in [-0.25, -0.2) is 0 Å². The van der Waals surface area contributed by atoms with E-state index in [9.17, 15) is 39.5 Å². The van der Waals surface area contributed by atoms with Crippen molar-refractivity contribution >= 4 is 0 Å². The Bertz CT molecular complexity index is 424. The van der Waals surface area contributed by atoms with Gasteiger partial charge in [0.2, 0.25) is 0 Å². The highest BCUT2D eigenvalue weighted by Gasteiger charge is 2.81. The van der Waals surface area contributed by atoms with Crippen molar-refractivity contribution in [1.29, 1.82) is 0 Å². The fourth-order valence-electron chi connectivity index (χ4n) is 1.95. The van der Waals surface area contributed by atoms with Gasteiger partial charge in [-0.3, -0.25) is 0 Å². The number of epoxide rings is 1. The van der Waals surface area contributed by atoms with Gasteiger partial charge in [0.1, 0.15) is 0 Å². The molecule has 1 heterocycles. The minimum absolute atomic E-state index is 0.122. The van der Waals surface area contributed by atoms with Gasteiger partial charge < -0.3 is 4.74 Å². The predicted molar refractivity (Wildman–Crippen MR) is 67.5 cm³/mol. The van der Waals surface area contributed by atoms with Crippen LogP contribution in [0.2, 0.25) is 0 Å². The summed E-state index contributed by atoms with van der Waals surface area (Å²) in [6.07, 6.45) is -3.31. The summed E-state index contributed by atoms with van der Waals surface area (Å²) in [5, 5.41) is 0. The van der Waals surface area contributed by atoms with E-state index in [-0.39, 0.29) is 12.5 Å². The van der Waals surface area contributed by atoms with Gasteiger partial charge in [-0.2, -0.15) is 39.5 Å². The Balaban J connectivity index is 2.44. The van der Waals surface area contributed by atoms with Gasteiger partial charge in [-0.1, -0.05) is 25.3 Å². The second-order valence-corrected chi connectivity index (χ2v) is 5.62. The molecule has 0 aromatic carbocycles. The summed E-state index contributed by atoms with van der Waals surface area (Å²) in [6.45, 7) is 0.717. The number of ether oxygens (including phenoxy) is 1. The van der Waals surface area contributed by atoms with Gasteiger partial charge in [-0.15, -0.1) is 0 Å². The maximum atomic E-state index is 13.1. The zero-order valence-corrected chi connectivity index (χ0v) is 12.5. The molecular weight excluding hydrogens is 355 g/mol. The molecule has 1 rings (SSSR count). The molecule has 0 aromatic heterocycles. The Labute approximate surface area is 132 Å². The highest BCUT2D eigenvalue weighted by molar-refractivity contribution is 5.10. The molecule has 0 amide bonds. The average Bonchev–Trinajstić information content (AvgIpc) is 3.24. The molecule has 1 aliphatic rings. The predicted octanol–water partition coefficient (Wildman–Crippen LogP) is 5.75. The van der Waals surface area contributed by atoms with Gasteiger partial charge in [0.25, 0.3) is 0 Å². The lowest BCUT2D eigenvalue weighted by Gasteiger charge is -2.32. The smallest absolute Gasteiger partial charge is 0.373 e. The third-order valence-electron chi connectivity index (χ3n) is 3.55. The topological polar surface area (TPSA) is 12.5 Å². The van der Waals surface area contributed by atoms with E-state index < -0.39 is 30.0 Å². The summed E-state index contributed by atoms with van der Waals surface area (Å²) < 4.78 is 118. The standard InChI is InChI=1S/C14H17F9O/c15-11(16,12(17,18)13(19,20)14(21,22)23)8-6-4-2-1-3-5-7-10-9-24-10/h6,8,10H,1-5,7,9H2. The number of rotatable bonds is 10. The van der Waals surface area contributed by atoms with Crippen LogP contribution in [0.25, 0.3) is 0 Å².